The Hall–Kier alpha value is -2.91. The van der Waals surface area contributed by atoms with Gasteiger partial charge in [0.25, 0.3) is 5.91 Å². The summed E-state index contributed by atoms with van der Waals surface area (Å²) < 4.78 is 32.3. The number of rotatable bonds is 6. The van der Waals surface area contributed by atoms with Gasteiger partial charge in [0, 0.05) is 18.7 Å². The fraction of sp³-hybridized carbons (Fsp3) is 0.263. The van der Waals surface area contributed by atoms with Crippen molar-refractivity contribution >= 4 is 33.2 Å². The van der Waals surface area contributed by atoms with Crippen molar-refractivity contribution < 1.29 is 22.7 Å². The molecule has 0 saturated heterocycles. The number of aryl methyl sites for hydroxylation is 1. The molecule has 0 unspecified atom stereocenters. The number of fused-ring (bicyclic) bond motifs is 1. The van der Waals surface area contributed by atoms with Gasteiger partial charge in [0.1, 0.15) is 5.75 Å². The van der Waals surface area contributed by atoms with Crippen LogP contribution in [0, 0.1) is 6.92 Å². The molecule has 9 heteroatoms. The first-order chi connectivity index (χ1) is 13.2. The van der Waals surface area contributed by atoms with E-state index < -0.39 is 16.1 Å². The average Bonchev–Trinajstić information content (AvgIpc) is 2.63. The summed E-state index contributed by atoms with van der Waals surface area (Å²) >= 11 is 0. The molecular weight excluding hydrogens is 382 g/mol. The van der Waals surface area contributed by atoms with Crippen molar-refractivity contribution in [1.82, 2.24) is 4.72 Å². The molecule has 0 bridgehead atoms. The maximum atomic E-state index is 12.2. The summed E-state index contributed by atoms with van der Waals surface area (Å²) in [5.74, 6) is -0.0968. The highest BCUT2D eigenvalue weighted by Crippen LogP contribution is 2.32. The van der Waals surface area contributed by atoms with Crippen molar-refractivity contribution in [3.05, 3.63) is 48.0 Å². The monoisotopic (exact) mass is 403 g/mol. The standard InChI is InChI=1S/C19H21N3O5S/c1-12-3-6-15(7-4-12)28(25,26)20-10-9-18(23)21-14-5-8-17-16(11-14)22-19(24)13(2)27-17/h3-8,11,13,20H,9-10H2,1-2H3,(H,21,23)(H,22,24)/t13-/m1/s1. The van der Waals surface area contributed by atoms with Crippen molar-refractivity contribution in [1.29, 1.82) is 0 Å². The molecule has 2 aromatic carbocycles. The van der Waals surface area contributed by atoms with Gasteiger partial charge in [-0.25, -0.2) is 13.1 Å². The lowest BCUT2D eigenvalue weighted by Crippen LogP contribution is -2.34. The first-order valence-corrected chi connectivity index (χ1v) is 10.2. The zero-order chi connectivity index (χ0) is 20.3. The van der Waals surface area contributed by atoms with Gasteiger partial charge in [-0.15, -0.1) is 0 Å². The zero-order valence-electron chi connectivity index (χ0n) is 15.5. The lowest BCUT2D eigenvalue weighted by atomic mass is 10.2. The number of anilines is 2. The molecule has 0 aliphatic carbocycles. The van der Waals surface area contributed by atoms with Crippen LogP contribution in [0.4, 0.5) is 11.4 Å². The van der Waals surface area contributed by atoms with Crippen molar-refractivity contribution in [2.24, 2.45) is 0 Å². The molecule has 3 rings (SSSR count). The first-order valence-electron chi connectivity index (χ1n) is 8.72. The van der Waals surface area contributed by atoms with Crippen LogP contribution in [-0.2, 0) is 19.6 Å². The maximum Gasteiger partial charge on any atom is 0.265 e. The van der Waals surface area contributed by atoms with E-state index in [1.165, 1.54) is 12.1 Å². The fourth-order valence-corrected chi connectivity index (χ4v) is 3.64. The van der Waals surface area contributed by atoms with Gasteiger partial charge < -0.3 is 15.4 Å². The lowest BCUT2D eigenvalue weighted by molar-refractivity contribution is -0.122. The minimum Gasteiger partial charge on any atom is -0.479 e. The van der Waals surface area contributed by atoms with Crippen molar-refractivity contribution in [2.75, 3.05) is 17.2 Å². The SMILES string of the molecule is Cc1ccc(S(=O)(=O)NCCC(=O)Nc2ccc3c(c2)NC(=O)[C@@H](C)O3)cc1. The van der Waals surface area contributed by atoms with Crippen molar-refractivity contribution in [3.8, 4) is 5.75 Å². The number of amides is 2. The minimum absolute atomic E-state index is 0.0374. The van der Waals surface area contributed by atoms with Crippen LogP contribution in [0.5, 0.6) is 5.75 Å². The Morgan fingerprint density at radius 3 is 2.61 bits per heavy atom. The second-order valence-corrected chi connectivity index (χ2v) is 8.24. The smallest absolute Gasteiger partial charge is 0.265 e. The number of hydrogen-bond donors (Lipinski definition) is 3. The molecule has 8 nitrogen and oxygen atoms in total. The van der Waals surface area contributed by atoms with E-state index in [1.807, 2.05) is 6.92 Å². The van der Waals surface area contributed by atoms with Gasteiger partial charge in [0.15, 0.2) is 6.10 Å². The highest BCUT2D eigenvalue weighted by Gasteiger charge is 2.23. The fourth-order valence-electron chi connectivity index (χ4n) is 2.61. The van der Waals surface area contributed by atoms with Gasteiger partial charge in [0.2, 0.25) is 15.9 Å². The number of nitrogens with one attached hydrogen (secondary N) is 3. The van der Waals surface area contributed by atoms with E-state index in [9.17, 15) is 18.0 Å². The summed E-state index contributed by atoms with van der Waals surface area (Å²) in [5, 5.41) is 5.37. The molecule has 1 aliphatic heterocycles. The van der Waals surface area contributed by atoms with Crippen LogP contribution in [0.15, 0.2) is 47.4 Å². The van der Waals surface area contributed by atoms with E-state index in [-0.39, 0.29) is 29.7 Å². The van der Waals surface area contributed by atoms with Crippen LogP contribution in [-0.4, -0.2) is 32.9 Å². The highest BCUT2D eigenvalue weighted by molar-refractivity contribution is 7.89. The van der Waals surface area contributed by atoms with E-state index in [0.29, 0.717) is 17.1 Å². The third-order valence-electron chi connectivity index (χ3n) is 4.17. The quantitative estimate of drug-likeness (QED) is 0.683. The summed E-state index contributed by atoms with van der Waals surface area (Å²) in [6, 6.07) is 11.3. The van der Waals surface area contributed by atoms with Gasteiger partial charge >= 0.3 is 0 Å². The summed E-state index contributed by atoms with van der Waals surface area (Å²) in [7, 11) is -3.66. The zero-order valence-corrected chi connectivity index (χ0v) is 16.3. The number of benzene rings is 2. The molecule has 0 radical (unpaired) electrons. The molecule has 1 aliphatic rings. The number of carbonyl (C=O) groups excluding carboxylic acids is 2. The minimum atomic E-state index is -3.66. The number of ether oxygens (including phenoxy) is 1. The number of carbonyl (C=O) groups is 2. The second kappa shape index (κ2) is 7.99. The summed E-state index contributed by atoms with van der Waals surface area (Å²) in [4.78, 5) is 23.9. The molecule has 3 N–H and O–H groups in total. The third kappa shape index (κ3) is 4.68. The normalized spacial score (nSPS) is 15.9. The van der Waals surface area contributed by atoms with Crippen LogP contribution in [0.2, 0.25) is 0 Å². The molecule has 0 aromatic heterocycles. The van der Waals surface area contributed by atoms with Gasteiger partial charge in [-0.1, -0.05) is 17.7 Å². The Labute approximate surface area is 163 Å². The molecular formula is C19H21N3O5S. The number of sulfonamides is 1. The Bertz CT molecular complexity index is 1000. The summed E-state index contributed by atoms with van der Waals surface area (Å²) in [6.07, 6.45) is -0.614. The molecule has 0 fully saturated rings. The predicted octanol–water partition coefficient (Wildman–Crippen LogP) is 2.02. The van der Waals surface area contributed by atoms with Crippen LogP contribution >= 0.6 is 0 Å². The molecule has 28 heavy (non-hydrogen) atoms. The maximum absolute atomic E-state index is 12.2. The Kier molecular flexibility index (Phi) is 5.66. The van der Waals surface area contributed by atoms with E-state index in [1.54, 1.807) is 37.3 Å². The van der Waals surface area contributed by atoms with Gasteiger partial charge in [0.05, 0.1) is 10.6 Å². The Morgan fingerprint density at radius 2 is 1.89 bits per heavy atom. The van der Waals surface area contributed by atoms with Crippen LogP contribution in [0.3, 0.4) is 0 Å². The molecule has 0 saturated carbocycles. The van der Waals surface area contributed by atoms with E-state index >= 15 is 0 Å². The topological polar surface area (TPSA) is 114 Å². The van der Waals surface area contributed by atoms with E-state index in [2.05, 4.69) is 15.4 Å². The van der Waals surface area contributed by atoms with Crippen molar-refractivity contribution in [3.63, 3.8) is 0 Å². The van der Waals surface area contributed by atoms with Gasteiger partial charge in [-0.05, 0) is 44.2 Å². The first kappa shape index (κ1) is 19.8. The van der Waals surface area contributed by atoms with Crippen LogP contribution in [0.1, 0.15) is 18.9 Å². The molecule has 1 heterocycles. The van der Waals surface area contributed by atoms with Gasteiger partial charge in [-0.3, -0.25) is 9.59 Å². The molecule has 2 aromatic rings. The lowest BCUT2D eigenvalue weighted by Gasteiger charge is -2.23. The molecule has 2 amide bonds. The molecule has 148 valence electrons. The predicted molar refractivity (Wildman–Crippen MR) is 105 cm³/mol. The average molecular weight is 403 g/mol. The number of hydrogen-bond acceptors (Lipinski definition) is 5. The van der Waals surface area contributed by atoms with E-state index in [4.69, 9.17) is 4.74 Å². The summed E-state index contributed by atoms with van der Waals surface area (Å²) in [5.41, 5.74) is 1.91. The van der Waals surface area contributed by atoms with Gasteiger partial charge in [-0.2, -0.15) is 0 Å². The Morgan fingerprint density at radius 1 is 1.18 bits per heavy atom. The molecule has 0 spiro atoms. The van der Waals surface area contributed by atoms with Crippen molar-refractivity contribution in [2.45, 2.75) is 31.3 Å². The highest BCUT2D eigenvalue weighted by atomic mass is 32.2. The summed E-state index contributed by atoms with van der Waals surface area (Å²) in [6.45, 7) is 3.48. The second-order valence-electron chi connectivity index (χ2n) is 6.47. The van der Waals surface area contributed by atoms with Crippen LogP contribution in [0.25, 0.3) is 0 Å². The Balaban J connectivity index is 1.54. The largest absolute Gasteiger partial charge is 0.479 e. The molecule has 1 atom stereocenters. The third-order valence-corrected chi connectivity index (χ3v) is 5.65. The van der Waals surface area contributed by atoms with E-state index in [0.717, 1.165) is 5.56 Å². The van der Waals surface area contributed by atoms with Crippen LogP contribution < -0.4 is 20.1 Å².